The van der Waals surface area contributed by atoms with E-state index >= 15 is 0 Å². The van der Waals surface area contributed by atoms with Gasteiger partial charge >= 0.3 is 0 Å². The van der Waals surface area contributed by atoms with Crippen molar-refractivity contribution in [3.05, 3.63) is 0 Å². The zero-order valence-electron chi connectivity index (χ0n) is 4.98. The number of fused-ring (bicyclic) bond motifs is 3. The molecule has 3 aliphatic heterocycles. The van der Waals surface area contributed by atoms with E-state index in [2.05, 4.69) is 10.6 Å². The minimum Gasteiger partial charge on any atom is -0.315 e. The second kappa shape index (κ2) is 1.71. The summed E-state index contributed by atoms with van der Waals surface area (Å²) in [5, 5.41) is 6.86. The number of rotatable bonds is 0. The maximum absolute atomic E-state index is 3.48. The van der Waals surface area contributed by atoms with Crippen LogP contribution < -0.4 is 10.6 Å². The van der Waals surface area contributed by atoms with Crippen LogP contribution in [-0.2, 0) is 0 Å². The second-order valence-electron chi connectivity index (χ2n) is 2.79. The molecule has 0 aromatic carbocycles. The first-order valence-corrected chi connectivity index (χ1v) is 3.42. The Labute approximate surface area is 49.7 Å². The highest BCUT2D eigenvalue weighted by Crippen LogP contribution is 2.15. The van der Waals surface area contributed by atoms with Crippen LogP contribution in [0.3, 0.4) is 0 Å². The predicted octanol–water partition coefficient (Wildman–Crippen LogP) is -0.290. The Hall–Kier alpha value is -0.0800. The minimum atomic E-state index is 0.808. The summed E-state index contributed by atoms with van der Waals surface area (Å²) in [7, 11) is 0. The number of hydrogen-bond acceptors (Lipinski definition) is 2. The maximum Gasteiger partial charge on any atom is 0.0209 e. The van der Waals surface area contributed by atoms with Gasteiger partial charge in [-0.15, -0.1) is 0 Å². The lowest BCUT2D eigenvalue weighted by atomic mass is 9.97. The van der Waals surface area contributed by atoms with Crippen LogP contribution in [0.4, 0.5) is 0 Å². The van der Waals surface area contributed by atoms with Crippen molar-refractivity contribution in [3.63, 3.8) is 0 Å². The van der Waals surface area contributed by atoms with E-state index in [1.807, 2.05) is 0 Å². The minimum absolute atomic E-state index is 0.808. The van der Waals surface area contributed by atoms with E-state index in [9.17, 15) is 0 Å². The van der Waals surface area contributed by atoms with Gasteiger partial charge in [0.2, 0.25) is 0 Å². The molecule has 3 heterocycles. The molecule has 2 nitrogen and oxygen atoms in total. The van der Waals surface area contributed by atoms with Gasteiger partial charge in [-0.05, 0) is 19.4 Å². The molecule has 2 bridgehead atoms. The largest absolute Gasteiger partial charge is 0.315 e. The first kappa shape index (κ1) is 4.77. The molecular weight excluding hydrogens is 100 g/mol. The highest BCUT2D eigenvalue weighted by molar-refractivity contribution is 4.92. The van der Waals surface area contributed by atoms with Crippen LogP contribution >= 0.6 is 0 Å². The quantitative estimate of drug-likeness (QED) is 0.450. The van der Waals surface area contributed by atoms with Crippen molar-refractivity contribution in [2.75, 3.05) is 13.1 Å². The Kier molecular flexibility index (Phi) is 1.02. The van der Waals surface area contributed by atoms with Crippen LogP contribution in [0.1, 0.15) is 12.8 Å². The molecule has 0 aromatic heterocycles. The highest BCUT2D eigenvalue weighted by Gasteiger charge is 2.29. The summed E-state index contributed by atoms with van der Waals surface area (Å²) in [6.45, 7) is 2.41. The first-order chi connectivity index (χ1) is 3.95. The molecule has 3 saturated heterocycles. The summed E-state index contributed by atoms with van der Waals surface area (Å²) in [5.41, 5.74) is 0. The average molecular weight is 112 g/mol. The number of nitrogens with one attached hydrogen (secondary N) is 2. The lowest BCUT2D eigenvalue weighted by molar-refractivity contribution is 0.282. The van der Waals surface area contributed by atoms with Crippen LogP contribution in [0.2, 0.25) is 0 Å². The summed E-state index contributed by atoms with van der Waals surface area (Å²) >= 11 is 0. The molecule has 3 aliphatic rings. The van der Waals surface area contributed by atoms with Gasteiger partial charge in [-0.3, -0.25) is 0 Å². The third-order valence-electron chi connectivity index (χ3n) is 2.10. The van der Waals surface area contributed by atoms with Crippen LogP contribution in [0.25, 0.3) is 0 Å². The lowest BCUT2D eigenvalue weighted by Crippen LogP contribution is -2.53. The molecule has 0 aliphatic carbocycles. The molecule has 0 amide bonds. The second-order valence-corrected chi connectivity index (χ2v) is 2.79. The van der Waals surface area contributed by atoms with E-state index in [4.69, 9.17) is 0 Å². The van der Waals surface area contributed by atoms with Crippen molar-refractivity contribution >= 4 is 0 Å². The first-order valence-electron chi connectivity index (χ1n) is 3.42. The van der Waals surface area contributed by atoms with Crippen molar-refractivity contribution < 1.29 is 0 Å². The molecule has 3 rings (SSSR count). The van der Waals surface area contributed by atoms with Gasteiger partial charge in [0, 0.05) is 18.6 Å². The van der Waals surface area contributed by atoms with E-state index < -0.39 is 0 Å². The van der Waals surface area contributed by atoms with Crippen LogP contribution in [-0.4, -0.2) is 25.2 Å². The van der Waals surface area contributed by atoms with Crippen molar-refractivity contribution in [3.8, 4) is 0 Å². The summed E-state index contributed by atoms with van der Waals surface area (Å²) in [4.78, 5) is 0. The topological polar surface area (TPSA) is 24.1 Å². The van der Waals surface area contributed by atoms with Crippen LogP contribution in [0.15, 0.2) is 0 Å². The molecular formula is C6H12N2. The highest BCUT2D eigenvalue weighted by atomic mass is 15.1. The molecule has 2 atom stereocenters. The Bertz CT molecular complexity index is 71.0. The summed E-state index contributed by atoms with van der Waals surface area (Å²) < 4.78 is 0. The molecule has 0 spiro atoms. The van der Waals surface area contributed by atoms with E-state index in [0.717, 1.165) is 12.1 Å². The van der Waals surface area contributed by atoms with Gasteiger partial charge in [-0.2, -0.15) is 0 Å². The third kappa shape index (κ3) is 0.644. The van der Waals surface area contributed by atoms with Gasteiger partial charge in [0.15, 0.2) is 0 Å². The SMILES string of the molecule is C1C[C@H]2C[C@@H](CN1)N2. The van der Waals surface area contributed by atoms with E-state index in [0.29, 0.717) is 0 Å². The van der Waals surface area contributed by atoms with Gasteiger partial charge in [0.25, 0.3) is 0 Å². The average Bonchev–Trinajstić information content (AvgIpc) is 1.89. The standard InChI is InChI=1S/C6H12N2/c1-2-7-4-6-3-5(1)8-6/h5-8H,1-4H2/t5-,6-/m0/s1. The van der Waals surface area contributed by atoms with Gasteiger partial charge in [0.05, 0.1) is 0 Å². The van der Waals surface area contributed by atoms with Crippen LogP contribution in [0, 0.1) is 0 Å². The van der Waals surface area contributed by atoms with E-state index in [1.54, 1.807) is 0 Å². The fourth-order valence-electron chi connectivity index (χ4n) is 1.55. The Morgan fingerprint density at radius 2 is 2.12 bits per heavy atom. The number of hydrogen-bond donors (Lipinski definition) is 2. The zero-order valence-corrected chi connectivity index (χ0v) is 4.98. The van der Waals surface area contributed by atoms with Gasteiger partial charge in [-0.25, -0.2) is 0 Å². The molecule has 0 radical (unpaired) electrons. The summed E-state index contributed by atoms with van der Waals surface area (Å²) in [5.74, 6) is 0. The van der Waals surface area contributed by atoms with E-state index in [-0.39, 0.29) is 0 Å². The molecule has 2 heteroatoms. The molecule has 46 valence electrons. The van der Waals surface area contributed by atoms with E-state index in [1.165, 1.54) is 25.9 Å². The Balaban J connectivity index is 1.95. The van der Waals surface area contributed by atoms with Gasteiger partial charge in [0.1, 0.15) is 0 Å². The smallest absolute Gasteiger partial charge is 0.0209 e. The summed E-state index contributed by atoms with van der Waals surface area (Å²) in [6, 6.07) is 1.66. The van der Waals surface area contributed by atoms with Crippen molar-refractivity contribution in [2.45, 2.75) is 24.9 Å². The van der Waals surface area contributed by atoms with Crippen molar-refractivity contribution in [1.29, 1.82) is 0 Å². The van der Waals surface area contributed by atoms with Crippen molar-refractivity contribution in [1.82, 2.24) is 10.6 Å². The normalized spacial score (nSPS) is 45.0. The predicted molar refractivity (Wildman–Crippen MR) is 32.8 cm³/mol. The molecule has 3 fully saturated rings. The van der Waals surface area contributed by atoms with Gasteiger partial charge in [-0.1, -0.05) is 0 Å². The molecule has 0 aromatic rings. The molecule has 0 saturated carbocycles. The van der Waals surface area contributed by atoms with Crippen LogP contribution in [0.5, 0.6) is 0 Å². The van der Waals surface area contributed by atoms with Crippen molar-refractivity contribution in [2.24, 2.45) is 0 Å². The Morgan fingerprint density at radius 1 is 1.25 bits per heavy atom. The lowest BCUT2D eigenvalue weighted by Gasteiger charge is -2.33. The monoisotopic (exact) mass is 112 g/mol. The fraction of sp³-hybridized carbons (Fsp3) is 1.00. The Morgan fingerprint density at radius 3 is 3.00 bits per heavy atom. The molecule has 8 heavy (non-hydrogen) atoms. The maximum atomic E-state index is 3.48. The zero-order chi connectivity index (χ0) is 5.40. The fourth-order valence-corrected chi connectivity index (χ4v) is 1.55. The summed E-state index contributed by atoms with van der Waals surface area (Å²) in [6.07, 6.45) is 2.74. The molecule has 2 N–H and O–H groups in total. The van der Waals surface area contributed by atoms with Gasteiger partial charge < -0.3 is 10.6 Å². The molecule has 0 unspecified atom stereocenters. The third-order valence-corrected chi connectivity index (χ3v) is 2.10.